The fourth-order valence-corrected chi connectivity index (χ4v) is 5.23. The zero-order valence-electron chi connectivity index (χ0n) is 22.8. The summed E-state index contributed by atoms with van der Waals surface area (Å²) in [7, 11) is 3.70. The topological polar surface area (TPSA) is 95.5 Å². The molecule has 1 atom stereocenters. The molecule has 9 heteroatoms. The molecule has 0 radical (unpaired) electrons. The highest BCUT2D eigenvalue weighted by atomic mass is 19.1. The van der Waals surface area contributed by atoms with Crippen LogP contribution in [-0.2, 0) is 0 Å². The number of aldehydes is 1. The zero-order chi connectivity index (χ0) is 28.1. The number of piperidine rings is 1. The van der Waals surface area contributed by atoms with Crippen molar-refractivity contribution in [2.75, 3.05) is 45.2 Å². The number of hydrogen-bond acceptors (Lipinski definition) is 8. The molecule has 2 saturated heterocycles. The first-order valence-corrected chi connectivity index (χ1v) is 13.5. The fraction of sp³-hybridized carbons (Fsp3) is 0.355. The van der Waals surface area contributed by atoms with Crippen LogP contribution in [0, 0.1) is 11.3 Å². The van der Waals surface area contributed by atoms with E-state index < -0.39 is 6.17 Å². The summed E-state index contributed by atoms with van der Waals surface area (Å²) < 4.78 is 25.2. The largest absolute Gasteiger partial charge is 0.496 e. The number of pyridine rings is 2. The highest BCUT2D eigenvalue weighted by Crippen LogP contribution is 2.38. The van der Waals surface area contributed by atoms with Gasteiger partial charge in [-0.3, -0.25) is 14.8 Å². The molecule has 0 spiro atoms. The van der Waals surface area contributed by atoms with E-state index >= 15 is 0 Å². The second kappa shape index (κ2) is 12.3. The molecule has 0 saturated carbocycles. The Labute approximate surface area is 233 Å². The molecule has 3 aromatic heterocycles. The van der Waals surface area contributed by atoms with Gasteiger partial charge >= 0.3 is 0 Å². The van der Waals surface area contributed by atoms with Crippen molar-refractivity contribution >= 4 is 23.1 Å². The number of halogens is 1. The normalized spacial score (nSPS) is 17.2. The van der Waals surface area contributed by atoms with Gasteiger partial charge in [-0.05, 0) is 63.2 Å². The van der Waals surface area contributed by atoms with Gasteiger partial charge in [0.05, 0.1) is 23.9 Å². The number of fused-ring (bicyclic) bond motifs is 1. The smallest absolute Gasteiger partial charge is 0.168 e. The summed E-state index contributed by atoms with van der Waals surface area (Å²) in [6.07, 6.45) is 7.73. The highest BCUT2D eigenvalue weighted by molar-refractivity contribution is 5.93. The van der Waals surface area contributed by atoms with Crippen LogP contribution in [0.3, 0.4) is 0 Å². The maximum Gasteiger partial charge on any atom is 0.168 e. The molecule has 2 aliphatic heterocycles. The van der Waals surface area contributed by atoms with Crippen LogP contribution < -0.4 is 9.64 Å². The van der Waals surface area contributed by atoms with E-state index in [0.717, 1.165) is 16.8 Å². The average molecular weight is 542 g/mol. The average Bonchev–Trinajstić information content (AvgIpc) is 3.63. The Morgan fingerprint density at radius 1 is 1.10 bits per heavy atom. The van der Waals surface area contributed by atoms with E-state index in [1.165, 1.54) is 45.7 Å². The van der Waals surface area contributed by atoms with Crippen molar-refractivity contribution in [1.82, 2.24) is 14.9 Å². The van der Waals surface area contributed by atoms with E-state index in [1.807, 2.05) is 23.1 Å². The van der Waals surface area contributed by atoms with Gasteiger partial charge in [-0.15, -0.1) is 0 Å². The SMILES string of the molecule is CN1CCCCC1.COc1cc(C=O)ncc1-c1cc2nccc(-c3ccc(N4CCC(F)C4)c(C#N)c3)c2o1. The van der Waals surface area contributed by atoms with E-state index in [1.54, 1.807) is 24.4 Å². The predicted octanol–water partition coefficient (Wildman–Crippen LogP) is 5.90. The molecule has 0 aliphatic carbocycles. The van der Waals surface area contributed by atoms with Gasteiger partial charge in [-0.1, -0.05) is 12.5 Å². The summed E-state index contributed by atoms with van der Waals surface area (Å²) >= 11 is 0. The maximum absolute atomic E-state index is 13.7. The number of nitriles is 1. The van der Waals surface area contributed by atoms with E-state index in [4.69, 9.17) is 9.15 Å². The predicted molar refractivity (Wildman–Crippen MR) is 152 cm³/mol. The number of likely N-dealkylation sites (tertiary alicyclic amines) is 1. The van der Waals surface area contributed by atoms with Crippen LogP contribution in [-0.4, -0.2) is 67.7 Å². The van der Waals surface area contributed by atoms with E-state index in [2.05, 4.69) is 28.0 Å². The van der Waals surface area contributed by atoms with Gasteiger partial charge in [0, 0.05) is 43.2 Å². The van der Waals surface area contributed by atoms with Crippen LogP contribution in [0.25, 0.3) is 33.6 Å². The number of anilines is 1. The number of aromatic nitrogens is 2. The van der Waals surface area contributed by atoms with Crippen LogP contribution in [0.2, 0.25) is 0 Å². The quantitative estimate of drug-likeness (QED) is 0.288. The summed E-state index contributed by atoms with van der Waals surface area (Å²) in [6.45, 7) is 3.53. The molecule has 1 unspecified atom stereocenters. The highest BCUT2D eigenvalue weighted by Gasteiger charge is 2.24. The number of ether oxygens (including phenoxy) is 1. The molecule has 8 nitrogen and oxygen atoms in total. The van der Waals surface area contributed by atoms with E-state index in [9.17, 15) is 14.4 Å². The minimum Gasteiger partial charge on any atom is -0.496 e. The van der Waals surface area contributed by atoms with Gasteiger partial charge in [0.2, 0.25) is 0 Å². The molecule has 0 N–H and O–H groups in total. The Morgan fingerprint density at radius 3 is 2.58 bits per heavy atom. The van der Waals surface area contributed by atoms with Crippen molar-refractivity contribution in [3.8, 4) is 34.3 Å². The number of hydrogen-bond donors (Lipinski definition) is 0. The van der Waals surface area contributed by atoms with Crippen LogP contribution in [0.5, 0.6) is 5.75 Å². The third-order valence-corrected chi connectivity index (χ3v) is 7.38. The van der Waals surface area contributed by atoms with Gasteiger partial charge in [-0.25, -0.2) is 4.39 Å². The van der Waals surface area contributed by atoms with Crippen molar-refractivity contribution in [3.05, 3.63) is 60.0 Å². The summed E-state index contributed by atoms with van der Waals surface area (Å²) in [5.74, 6) is 0.954. The molecular weight excluding hydrogens is 509 g/mol. The summed E-state index contributed by atoms with van der Waals surface area (Å²) in [5, 5.41) is 9.73. The number of nitrogens with zero attached hydrogens (tertiary/aromatic N) is 5. The second-order valence-electron chi connectivity index (χ2n) is 10.2. The minimum absolute atomic E-state index is 0.256. The Bertz CT molecular complexity index is 1540. The lowest BCUT2D eigenvalue weighted by Gasteiger charge is -2.20. The van der Waals surface area contributed by atoms with Gasteiger partial charge in [0.25, 0.3) is 0 Å². The van der Waals surface area contributed by atoms with Crippen molar-refractivity contribution in [2.45, 2.75) is 31.9 Å². The summed E-state index contributed by atoms with van der Waals surface area (Å²) in [4.78, 5) is 23.9. The number of rotatable bonds is 5. The minimum atomic E-state index is -0.871. The van der Waals surface area contributed by atoms with Gasteiger partial charge in [0.15, 0.2) is 11.9 Å². The molecule has 4 aromatic rings. The first kappa shape index (κ1) is 27.3. The third-order valence-electron chi connectivity index (χ3n) is 7.38. The number of furan rings is 1. The molecule has 2 fully saturated rings. The number of carbonyl (C=O) groups is 1. The Morgan fingerprint density at radius 2 is 1.93 bits per heavy atom. The third kappa shape index (κ3) is 5.82. The first-order chi connectivity index (χ1) is 19.5. The van der Waals surface area contributed by atoms with Crippen LogP contribution >= 0.6 is 0 Å². The van der Waals surface area contributed by atoms with Crippen molar-refractivity contribution in [1.29, 1.82) is 5.26 Å². The molecule has 6 rings (SSSR count). The molecule has 2 aliphatic rings. The molecule has 40 heavy (non-hydrogen) atoms. The van der Waals surface area contributed by atoms with Crippen molar-refractivity contribution in [2.24, 2.45) is 0 Å². The Kier molecular flexibility index (Phi) is 8.37. The van der Waals surface area contributed by atoms with Crippen molar-refractivity contribution in [3.63, 3.8) is 0 Å². The number of benzene rings is 1. The van der Waals surface area contributed by atoms with Crippen LogP contribution in [0.1, 0.15) is 41.7 Å². The molecule has 5 heterocycles. The molecule has 206 valence electrons. The molecule has 1 aromatic carbocycles. The van der Waals surface area contributed by atoms with Crippen LogP contribution in [0.15, 0.2) is 53.2 Å². The van der Waals surface area contributed by atoms with Crippen LogP contribution in [0.4, 0.5) is 10.1 Å². The van der Waals surface area contributed by atoms with Gasteiger partial charge in [0.1, 0.15) is 35.0 Å². The molecule has 0 amide bonds. The lowest BCUT2D eigenvalue weighted by molar-refractivity contribution is 0.111. The lowest BCUT2D eigenvalue weighted by Crippen LogP contribution is -2.24. The second-order valence-corrected chi connectivity index (χ2v) is 10.2. The van der Waals surface area contributed by atoms with Crippen molar-refractivity contribution < 1.29 is 18.3 Å². The zero-order valence-corrected chi connectivity index (χ0v) is 22.8. The van der Waals surface area contributed by atoms with Gasteiger partial charge in [-0.2, -0.15) is 5.26 Å². The summed E-state index contributed by atoms with van der Waals surface area (Å²) in [6, 6.07) is 12.9. The first-order valence-electron chi connectivity index (χ1n) is 13.5. The molecule has 0 bridgehead atoms. The van der Waals surface area contributed by atoms with E-state index in [0.29, 0.717) is 59.5 Å². The lowest BCUT2D eigenvalue weighted by atomic mass is 10.0. The standard InChI is InChI=1S/C25H19FN4O3.C6H13N/c1-32-23-9-18(14-31)29-12-20(23)24-10-21-25(33-24)19(4-6-28-21)15-2-3-22(16(8-15)11-27)30-7-5-17(26)13-30;1-7-5-3-2-4-6-7/h2-4,6,8-10,12,14,17H,5,7,13H2,1H3;2-6H2,1H3. The number of alkyl halides is 1. The van der Waals surface area contributed by atoms with Gasteiger partial charge < -0.3 is 19.0 Å². The maximum atomic E-state index is 13.7. The Balaban J connectivity index is 0.000000403. The summed E-state index contributed by atoms with van der Waals surface area (Å²) in [5.41, 5.74) is 4.81. The van der Waals surface area contributed by atoms with E-state index in [-0.39, 0.29) is 5.69 Å². The monoisotopic (exact) mass is 541 g/mol. The number of methoxy groups -OCH3 is 1. The molecular formula is C31H32FN5O3. The fourth-order valence-electron chi connectivity index (χ4n) is 5.23. The Hall–Kier alpha value is -4.29. The number of carbonyl (C=O) groups excluding carboxylic acids is 1.